The number of ketones is 1. The van der Waals surface area contributed by atoms with Crippen LogP contribution in [0.2, 0.25) is 0 Å². The molecule has 0 radical (unpaired) electrons. The third kappa shape index (κ3) is 4.02. The van der Waals surface area contributed by atoms with E-state index in [0.717, 1.165) is 23.0 Å². The number of likely N-dealkylation sites (N-methyl/N-ethyl adjacent to an activating group) is 1. The van der Waals surface area contributed by atoms with Crippen LogP contribution in [0.1, 0.15) is 29.3 Å². The molecule has 0 bridgehead atoms. The van der Waals surface area contributed by atoms with Gasteiger partial charge in [0.05, 0.1) is 6.04 Å². The molecule has 0 N–H and O–H groups in total. The SMILES string of the molecule is CCC(C(=O)c1ccccc1)N(C)Cc1ccccc1Br. The minimum absolute atomic E-state index is 0.0977. The summed E-state index contributed by atoms with van der Waals surface area (Å²) in [5.41, 5.74) is 1.97. The average molecular weight is 346 g/mol. The quantitative estimate of drug-likeness (QED) is 0.716. The van der Waals surface area contributed by atoms with Gasteiger partial charge in [-0.3, -0.25) is 9.69 Å². The lowest BCUT2D eigenvalue weighted by atomic mass is 10.0. The normalized spacial score (nSPS) is 12.4. The van der Waals surface area contributed by atoms with E-state index >= 15 is 0 Å². The molecule has 1 unspecified atom stereocenters. The fourth-order valence-corrected chi connectivity index (χ4v) is 2.91. The van der Waals surface area contributed by atoms with E-state index in [-0.39, 0.29) is 11.8 Å². The molecule has 0 aliphatic rings. The topological polar surface area (TPSA) is 20.3 Å². The van der Waals surface area contributed by atoms with Crippen molar-refractivity contribution in [2.75, 3.05) is 7.05 Å². The molecule has 2 rings (SSSR count). The van der Waals surface area contributed by atoms with Gasteiger partial charge < -0.3 is 0 Å². The molecule has 0 amide bonds. The number of Topliss-reactive ketones (excluding diaryl/α,β-unsaturated/α-hetero) is 1. The highest BCUT2D eigenvalue weighted by Crippen LogP contribution is 2.20. The summed E-state index contributed by atoms with van der Waals surface area (Å²) in [5.74, 6) is 0.188. The zero-order valence-electron chi connectivity index (χ0n) is 12.4. The second-order valence-corrected chi connectivity index (χ2v) is 6.02. The predicted molar refractivity (Wildman–Crippen MR) is 90.5 cm³/mol. The zero-order valence-corrected chi connectivity index (χ0v) is 14.0. The van der Waals surface area contributed by atoms with E-state index in [1.165, 1.54) is 5.56 Å². The van der Waals surface area contributed by atoms with Crippen LogP contribution in [0.4, 0.5) is 0 Å². The number of nitrogens with zero attached hydrogens (tertiary/aromatic N) is 1. The van der Waals surface area contributed by atoms with Gasteiger partial charge in [0.25, 0.3) is 0 Å². The molecule has 0 aliphatic carbocycles. The van der Waals surface area contributed by atoms with Crippen LogP contribution in [-0.4, -0.2) is 23.8 Å². The summed E-state index contributed by atoms with van der Waals surface area (Å²) < 4.78 is 1.08. The molecule has 0 heterocycles. The fraction of sp³-hybridized carbons (Fsp3) is 0.278. The molecule has 0 fully saturated rings. The third-order valence-electron chi connectivity index (χ3n) is 3.66. The van der Waals surface area contributed by atoms with E-state index in [9.17, 15) is 4.79 Å². The molecule has 110 valence electrons. The minimum Gasteiger partial charge on any atom is -0.292 e. The molecule has 1 atom stereocenters. The van der Waals surface area contributed by atoms with Crippen molar-refractivity contribution in [1.82, 2.24) is 4.90 Å². The summed E-state index contributed by atoms with van der Waals surface area (Å²) in [6, 6.07) is 17.6. The fourth-order valence-electron chi connectivity index (χ4n) is 2.50. The average Bonchev–Trinajstić information content (AvgIpc) is 2.51. The largest absolute Gasteiger partial charge is 0.292 e. The van der Waals surface area contributed by atoms with E-state index in [4.69, 9.17) is 0 Å². The van der Waals surface area contributed by atoms with Crippen LogP contribution in [0.3, 0.4) is 0 Å². The van der Waals surface area contributed by atoms with Crippen LogP contribution in [0.5, 0.6) is 0 Å². The molecule has 3 heteroatoms. The van der Waals surface area contributed by atoms with Crippen LogP contribution >= 0.6 is 15.9 Å². The first-order chi connectivity index (χ1) is 10.1. The summed E-state index contributed by atoms with van der Waals surface area (Å²) >= 11 is 3.57. The van der Waals surface area contributed by atoms with E-state index in [0.29, 0.717) is 0 Å². The summed E-state index contributed by atoms with van der Waals surface area (Å²) in [4.78, 5) is 14.8. The number of hydrogen-bond acceptors (Lipinski definition) is 2. The number of halogens is 1. The Labute approximate surface area is 134 Å². The molecule has 2 nitrogen and oxygen atoms in total. The van der Waals surface area contributed by atoms with Gasteiger partial charge in [0.2, 0.25) is 0 Å². The molecular weight excluding hydrogens is 326 g/mol. The molecule has 2 aromatic rings. The molecule has 0 aliphatic heterocycles. The minimum atomic E-state index is -0.0977. The van der Waals surface area contributed by atoms with Crippen molar-refractivity contribution in [3.8, 4) is 0 Å². The van der Waals surface area contributed by atoms with Gasteiger partial charge in [-0.15, -0.1) is 0 Å². The van der Waals surface area contributed by atoms with Crippen molar-refractivity contribution in [1.29, 1.82) is 0 Å². The monoisotopic (exact) mass is 345 g/mol. The Balaban J connectivity index is 2.14. The van der Waals surface area contributed by atoms with Gasteiger partial charge in [-0.25, -0.2) is 0 Å². The van der Waals surface area contributed by atoms with Crippen molar-refractivity contribution < 1.29 is 4.79 Å². The van der Waals surface area contributed by atoms with Gasteiger partial charge in [-0.2, -0.15) is 0 Å². The lowest BCUT2D eigenvalue weighted by Gasteiger charge is -2.26. The third-order valence-corrected chi connectivity index (χ3v) is 4.43. The Kier molecular flexibility index (Phi) is 5.71. The Bertz CT molecular complexity index is 597. The number of rotatable bonds is 6. The van der Waals surface area contributed by atoms with E-state index in [1.54, 1.807) is 0 Å². The first kappa shape index (κ1) is 15.9. The molecule has 0 saturated heterocycles. The van der Waals surface area contributed by atoms with Gasteiger partial charge in [0.15, 0.2) is 5.78 Å². The number of hydrogen-bond donors (Lipinski definition) is 0. The first-order valence-corrected chi connectivity index (χ1v) is 7.95. The molecule has 2 aromatic carbocycles. The highest BCUT2D eigenvalue weighted by atomic mass is 79.9. The maximum atomic E-state index is 12.6. The Morgan fingerprint density at radius 1 is 1.10 bits per heavy atom. The van der Waals surface area contributed by atoms with Crippen LogP contribution in [-0.2, 0) is 6.54 Å². The summed E-state index contributed by atoms with van der Waals surface area (Å²) in [7, 11) is 2.01. The van der Waals surface area contributed by atoms with Crippen LogP contribution in [0.25, 0.3) is 0 Å². The number of carbonyl (C=O) groups is 1. The van der Waals surface area contributed by atoms with Gasteiger partial charge in [-0.1, -0.05) is 71.4 Å². The van der Waals surface area contributed by atoms with Crippen molar-refractivity contribution in [2.45, 2.75) is 25.9 Å². The lowest BCUT2D eigenvalue weighted by molar-refractivity contribution is 0.0838. The summed E-state index contributed by atoms with van der Waals surface area (Å²) in [5, 5.41) is 0. The number of benzene rings is 2. The van der Waals surface area contributed by atoms with Gasteiger partial charge in [0, 0.05) is 16.6 Å². The molecule has 0 saturated carbocycles. The summed E-state index contributed by atoms with van der Waals surface area (Å²) in [6.07, 6.45) is 0.800. The Morgan fingerprint density at radius 3 is 2.33 bits per heavy atom. The highest BCUT2D eigenvalue weighted by Gasteiger charge is 2.22. The van der Waals surface area contributed by atoms with Crippen molar-refractivity contribution in [3.05, 3.63) is 70.2 Å². The second-order valence-electron chi connectivity index (χ2n) is 5.16. The van der Waals surface area contributed by atoms with Crippen LogP contribution in [0, 0.1) is 0 Å². The predicted octanol–water partition coefficient (Wildman–Crippen LogP) is 4.54. The van der Waals surface area contributed by atoms with Crippen molar-refractivity contribution >= 4 is 21.7 Å². The van der Waals surface area contributed by atoms with Crippen LogP contribution in [0.15, 0.2) is 59.1 Å². The van der Waals surface area contributed by atoms with E-state index in [2.05, 4.69) is 33.8 Å². The second kappa shape index (κ2) is 7.53. The standard InChI is InChI=1S/C18H20BrNO/c1-3-17(18(21)14-9-5-4-6-10-14)20(2)13-15-11-7-8-12-16(15)19/h4-12,17H,3,13H2,1-2H3. The Morgan fingerprint density at radius 2 is 1.71 bits per heavy atom. The lowest BCUT2D eigenvalue weighted by Crippen LogP contribution is -2.37. The smallest absolute Gasteiger partial charge is 0.179 e. The van der Waals surface area contributed by atoms with Crippen LogP contribution < -0.4 is 0 Å². The van der Waals surface area contributed by atoms with E-state index in [1.807, 2.05) is 55.6 Å². The Hall–Kier alpha value is -1.45. The molecule has 0 aromatic heterocycles. The molecule has 21 heavy (non-hydrogen) atoms. The summed E-state index contributed by atoms with van der Waals surface area (Å²) in [6.45, 7) is 2.81. The van der Waals surface area contributed by atoms with E-state index < -0.39 is 0 Å². The van der Waals surface area contributed by atoms with Crippen molar-refractivity contribution in [2.24, 2.45) is 0 Å². The zero-order chi connectivity index (χ0) is 15.2. The first-order valence-electron chi connectivity index (χ1n) is 7.16. The maximum absolute atomic E-state index is 12.6. The van der Waals surface area contributed by atoms with Crippen molar-refractivity contribution in [3.63, 3.8) is 0 Å². The van der Waals surface area contributed by atoms with Gasteiger partial charge in [-0.05, 0) is 25.1 Å². The number of carbonyl (C=O) groups excluding carboxylic acids is 1. The highest BCUT2D eigenvalue weighted by molar-refractivity contribution is 9.10. The maximum Gasteiger partial charge on any atom is 0.179 e. The molecule has 0 spiro atoms. The molecular formula is C18H20BrNO. The van der Waals surface area contributed by atoms with Gasteiger partial charge in [0.1, 0.15) is 0 Å². The van der Waals surface area contributed by atoms with Gasteiger partial charge >= 0.3 is 0 Å².